The Kier molecular flexibility index (Phi) is 6.24. The van der Waals surface area contributed by atoms with Gasteiger partial charge in [0.25, 0.3) is 5.91 Å². The Balaban J connectivity index is 1.53. The Morgan fingerprint density at radius 3 is 2.63 bits per heavy atom. The molecular weight excluding hydrogens is 408 g/mol. The number of nitrogens with one attached hydrogen (secondary N) is 2. The lowest BCUT2D eigenvalue weighted by molar-refractivity contribution is 0.0945. The van der Waals surface area contributed by atoms with Gasteiger partial charge < -0.3 is 10.1 Å². The van der Waals surface area contributed by atoms with E-state index >= 15 is 0 Å². The summed E-state index contributed by atoms with van der Waals surface area (Å²) in [5, 5.41) is 9.90. The first-order chi connectivity index (χ1) is 13.0. The summed E-state index contributed by atoms with van der Waals surface area (Å²) < 4.78 is 6.43. The topological polar surface area (TPSA) is 79.9 Å². The molecule has 1 amide bonds. The quantitative estimate of drug-likeness (QED) is 0.590. The molecule has 0 unspecified atom stereocenters. The van der Waals surface area contributed by atoms with Gasteiger partial charge in [0, 0.05) is 12.7 Å². The molecule has 3 rings (SSSR count). The molecule has 0 saturated carbocycles. The predicted octanol–water partition coefficient (Wildman–Crippen LogP) is 4.20. The summed E-state index contributed by atoms with van der Waals surface area (Å²) in [7, 11) is 0. The highest BCUT2D eigenvalue weighted by molar-refractivity contribution is 9.10. The van der Waals surface area contributed by atoms with Gasteiger partial charge in [0.05, 0.1) is 15.9 Å². The third kappa shape index (κ3) is 4.95. The number of hydrogen-bond donors (Lipinski definition) is 2. The van der Waals surface area contributed by atoms with E-state index in [4.69, 9.17) is 4.74 Å². The van der Waals surface area contributed by atoms with Gasteiger partial charge in [-0.1, -0.05) is 32.0 Å². The number of carbonyl (C=O) groups excluding carboxylic acids is 1. The van der Waals surface area contributed by atoms with Crippen molar-refractivity contribution in [2.45, 2.75) is 32.9 Å². The van der Waals surface area contributed by atoms with E-state index in [-0.39, 0.29) is 11.8 Å². The van der Waals surface area contributed by atoms with Crippen LogP contribution in [0.25, 0.3) is 0 Å². The number of benzene rings is 1. The van der Waals surface area contributed by atoms with Gasteiger partial charge in [-0.3, -0.25) is 14.9 Å². The number of aromatic amines is 1. The van der Waals surface area contributed by atoms with Crippen molar-refractivity contribution in [3.05, 3.63) is 75.8 Å². The standard InChI is InChI=1S/C20H21BrN4O2/c1-13(2)18-17(21)19(25-24-18)20(26)23-11-14-6-8-16(9-7-14)27-12-15-5-3-4-10-22-15/h3-10,13H,11-12H2,1-2H3,(H,23,26)(H,24,25). The van der Waals surface area contributed by atoms with E-state index in [1.807, 2.05) is 56.3 Å². The van der Waals surface area contributed by atoms with Gasteiger partial charge >= 0.3 is 0 Å². The highest BCUT2D eigenvalue weighted by atomic mass is 79.9. The molecule has 6 nitrogen and oxygen atoms in total. The zero-order valence-corrected chi connectivity index (χ0v) is 16.8. The van der Waals surface area contributed by atoms with E-state index in [9.17, 15) is 4.79 Å². The van der Waals surface area contributed by atoms with Crippen LogP contribution >= 0.6 is 15.9 Å². The Morgan fingerprint density at radius 2 is 2.00 bits per heavy atom. The molecule has 7 heteroatoms. The molecule has 0 aliphatic rings. The molecule has 3 aromatic rings. The summed E-state index contributed by atoms with van der Waals surface area (Å²) in [6, 6.07) is 13.3. The third-order valence-corrected chi connectivity index (χ3v) is 4.82. The van der Waals surface area contributed by atoms with Gasteiger partial charge in [-0.15, -0.1) is 0 Å². The minimum Gasteiger partial charge on any atom is -0.487 e. The molecule has 2 heterocycles. The second kappa shape index (κ2) is 8.81. The molecule has 0 atom stereocenters. The number of aromatic nitrogens is 3. The van der Waals surface area contributed by atoms with Crippen LogP contribution in [0.1, 0.15) is 47.2 Å². The number of H-pyrrole nitrogens is 1. The lowest BCUT2D eigenvalue weighted by atomic mass is 10.1. The van der Waals surface area contributed by atoms with Crippen LogP contribution in [-0.2, 0) is 13.2 Å². The Labute approximate surface area is 166 Å². The van der Waals surface area contributed by atoms with E-state index in [1.54, 1.807) is 6.20 Å². The minimum atomic E-state index is -0.222. The van der Waals surface area contributed by atoms with Crippen molar-refractivity contribution in [1.29, 1.82) is 0 Å². The van der Waals surface area contributed by atoms with E-state index < -0.39 is 0 Å². The molecule has 140 valence electrons. The van der Waals surface area contributed by atoms with Gasteiger partial charge in [-0.25, -0.2) is 0 Å². The monoisotopic (exact) mass is 428 g/mol. The number of hydrogen-bond acceptors (Lipinski definition) is 4. The molecule has 0 aliphatic carbocycles. The fourth-order valence-electron chi connectivity index (χ4n) is 2.49. The van der Waals surface area contributed by atoms with Crippen molar-refractivity contribution in [1.82, 2.24) is 20.5 Å². The number of pyridine rings is 1. The molecule has 1 aromatic carbocycles. The van der Waals surface area contributed by atoms with Crippen LogP contribution in [-0.4, -0.2) is 21.1 Å². The molecule has 0 radical (unpaired) electrons. The van der Waals surface area contributed by atoms with E-state index in [0.717, 1.165) is 22.7 Å². The summed E-state index contributed by atoms with van der Waals surface area (Å²) in [5.41, 5.74) is 3.13. The normalized spacial score (nSPS) is 10.8. The van der Waals surface area contributed by atoms with Crippen molar-refractivity contribution >= 4 is 21.8 Å². The number of carbonyl (C=O) groups is 1. The van der Waals surface area contributed by atoms with Crippen LogP contribution in [0, 0.1) is 0 Å². The van der Waals surface area contributed by atoms with Gasteiger partial charge in [0.1, 0.15) is 12.4 Å². The van der Waals surface area contributed by atoms with Crippen molar-refractivity contribution in [2.75, 3.05) is 0 Å². The number of nitrogens with zero attached hydrogens (tertiary/aromatic N) is 2. The molecule has 27 heavy (non-hydrogen) atoms. The summed E-state index contributed by atoms with van der Waals surface area (Å²) in [6.07, 6.45) is 1.74. The average molecular weight is 429 g/mol. The van der Waals surface area contributed by atoms with Crippen molar-refractivity contribution in [3.63, 3.8) is 0 Å². The van der Waals surface area contributed by atoms with Crippen LogP contribution < -0.4 is 10.1 Å². The number of halogens is 1. The Bertz CT molecular complexity index is 892. The highest BCUT2D eigenvalue weighted by Crippen LogP contribution is 2.25. The van der Waals surface area contributed by atoms with Crippen LogP contribution in [0.2, 0.25) is 0 Å². The highest BCUT2D eigenvalue weighted by Gasteiger charge is 2.18. The molecule has 2 N–H and O–H groups in total. The SMILES string of the molecule is CC(C)c1[nH]nc(C(=O)NCc2ccc(OCc3ccccn3)cc2)c1Br. The maximum Gasteiger partial charge on any atom is 0.273 e. The Morgan fingerprint density at radius 1 is 1.22 bits per heavy atom. The Hall–Kier alpha value is -2.67. The lowest BCUT2D eigenvalue weighted by Gasteiger charge is -2.08. The van der Waals surface area contributed by atoms with Crippen LogP contribution in [0.5, 0.6) is 5.75 Å². The second-order valence-electron chi connectivity index (χ2n) is 6.39. The summed E-state index contributed by atoms with van der Waals surface area (Å²) >= 11 is 3.45. The number of rotatable bonds is 7. The molecule has 0 saturated heterocycles. The third-order valence-electron chi connectivity index (χ3n) is 4.01. The largest absolute Gasteiger partial charge is 0.487 e. The van der Waals surface area contributed by atoms with Gasteiger partial charge in [-0.05, 0) is 51.7 Å². The fraction of sp³-hybridized carbons (Fsp3) is 0.250. The van der Waals surface area contributed by atoms with E-state index in [2.05, 4.69) is 36.4 Å². The second-order valence-corrected chi connectivity index (χ2v) is 7.18. The number of ether oxygens (including phenoxy) is 1. The summed E-state index contributed by atoms with van der Waals surface area (Å²) in [6.45, 7) is 4.91. The zero-order chi connectivity index (χ0) is 19.2. The van der Waals surface area contributed by atoms with Crippen molar-refractivity contribution < 1.29 is 9.53 Å². The smallest absolute Gasteiger partial charge is 0.273 e. The van der Waals surface area contributed by atoms with Crippen LogP contribution in [0.3, 0.4) is 0 Å². The van der Waals surface area contributed by atoms with Crippen LogP contribution in [0.15, 0.2) is 53.1 Å². The molecule has 0 bridgehead atoms. The van der Waals surface area contributed by atoms with Gasteiger partial charge in [-0.2, -0.15) is 5.10 Å². The van der Waals surface area contributed by atoms with E-state index in [1.165, 1.54) is 0 Å². The first kappa shape index (κ1) is 19.1. The average Bonchev–Trinajstić information content (AvgIpc) is 3.08. The van der Waals surface area contributed by atoms with E-state index in [0.29, 0.717) is 23.3 Å². The molecule has 0 spiro atoms. The first-order valence-corrected chi connectivity index (χ1v) is 9.47. The lowest BCUT2D eigenvalue weighted by Crippen LogP contribution is -2.23. The van der Waals surface area contributed by atoms with Gasteiger partial charge in [0.15, 0.2) is 5.69 Å². The molecule has 0 aliphatic heterocycles. The first-order valence-electron chi connectivity index (χ1n) is 8.68. The zero-order valence-electron chi connectivity index (χ0n) is 15.2. The number of amides is 1. The molecule has 0 fully saturated rings. The minimum absolute atomic E-state index is 0.222. The summed E-state index contributed by atoms with van der Waals surface area (Å²) in [5.74, 6) is 0.792. The molecule has 2 aromatic heterocycles. The summed E-state index contributed by atoms with van der Waals surface area (Å²) in [4.78, 5) is 16.6. The van der Waals surface area contributed by atoms with Crippen LogP contribution in [0.4, 0.5) is 0 Å². The van der Waals surface area contributed by atoms with Gasteiger partial charge in [0.2, 0.25) is 0 Å². The fourth-order valence-corrected chi connectivity index (χ4v) is 3.30. The predicted molar refractivity (Wildman–Crippen MR) is 107 cm³/mol. The van der Waals surface area contributed by atoms with Crippen molar-refractivity contribution in [2.24, 2.45) is 0 Å². The maximum atomic E-state index is 12.3. The maximum absolute atomic E-state index is 12.3. The molecular formula is C20H21BrN4O2. The van der Waals surface area contributed by atoms with Crippen molar-refractivity contribution in [3.8, 4) is 5.75 Å².